The normalized spacial score (nSPS) is 24.3. The monoisotopic (exact) mass is 521 g/mol. The maximum Gasteiger partial charge on any atom is 0.466 e. The fraction of sp³-hybridized carbons (Fsp3) is 0.611. The third-order valence-electron chi connectivity index (χ3n) is 5.16. The Morgan fingerprint density at radius 2 is 1.77 bits per heavy atom. The van der Waals surface area contributed by atoms with E-state index in [1.165, 1.54) is 0 Å². The molecule has 4 atom stereocenters. The van der Waals surface area contributed by atoms with Crippen LogP contribution in [0.15, 0.2) is 11.1 Å². The van der Waals surface area contributed by atoms with Crippen LogP contribution in [0.4, 0.5) is 5.95 Å². The van der Waals surface area contributed by atoms with E-state index in [0.717, 1.165) is 10.9 Å². The Bertz CT molecular complexity index is 1180. The number of rotatable bonds is 7. The highest BCUT2D eigenvalue weighted by atomic mass is 31.2. The third-order valence-corrected chi connectivity index (χ3v) is 5.16. The first kappa shape index (κ1) is 28.7. The molecule has 0 bridgehead atoms. The van der Waals surface area contributed by atoms with Crippen molar-refractivity contribution < 1.29 is 48.9 Å². The lowest BCUT2D eigenvalue weighted by atomic mass is 9.95. The lowest BCUT2D eigenvalue weighted by Crippen LogP contribution is -2.51. The lowest BCUT2D eigenvalue weighted by Gasteiger charge is -2.32. The minimum atomic E-state index is -4.64. The molecule has 8 N–H and O–H groups in total. The number of hydrogen-bond acceptors (Lipinski definition) is 11. The SMILES string of the molecule is CCCC(=O)n1c(N)nc2c(ncn2[C@]2(C(=O)CCC)O[C@H](CO)[C@@H](O)[C@H]2O)c1=O.O=P(O)(O)O. The Balaban J connectivity index is 0.000000784. The number of ether oxygens (including phenoxy) is 1. The molecule has 0 unspecified atom stereocenters. The van der Waals surface area contributed by atoms with Gasteiger partial charge in [-0.3, -0.25) is 19.0 Å². The van der Waals surface area contributed by atoms with E-state index in [1.807, 2.05) is 0 Å². The summed E-state index contributed by atoms with van der Waals surface area (Å²) in [6.07, 6.45) is -2.57. The van der Waals surface area contributed by atoms with Crippen LogP contribution < -0.4 is 11.3 Å². The van der Waals surface area contributed by atoms with Crippen molar-refractivity contribution in [2.75, 3.05) is 12.3 Å². The first-order valence-corrected chi connectivity index (χ1v) is 12.1. The van der Waals surface area contributed by atoms with E-state index in [2.05, 4.69) is 9.97 Å². The summed E-state index contributed by atoms with van der Waals surface area (Å²) in [5, 5.41) is 30.5. The largest absolute Gasteiger partial charge is 0.466 e. The fourth-order valence-corrected chi connectivity index (χ4v) is 3.70. The number of fused-ring (bicyclic) bond motifs is 1. The van der Waals surface area contributed by atoms with Crippen molar-refractivity contribution >= 4 is 36.6 Å². The minimum Gasteiger partial charge on any atom is -0.394 e. The molecule has 0 aromatic carbocycles. The highest BCUT2D eigenvalue weighted by Gasteiger charge is 2.60. The molecule has 1 aliphatic rings. The van der Waals surface area contributed by atoms with Crippen molar-refractivity contribution in [3.63, 3.8) is 0 Å². The number of aliphatic hydroxyl groups is 3. The topological polar surface area (TPSA) is 261 Å². The van der Waals surface area contributed by atoms with Gasteiger partial charge in [0.05, 0.1) is 6.61 Å². The van der Waals surface area contributed by atoms with Gasteiger partial charge in [0.2, 0.25) is 17.6 Å². The van der Waals surface area contributed by atoms with Crippen molar-refractivity contribution in [1.29, 1.82) is 0 Å². The van der Waals surface area contributed by atoms with Gasteiger partial charge in [0, 0.05) is 12.8 Å². The number of ketones is 1. The predicted molar refractivity (Wildman–Crippen MR) is 118 cm³/mol. The summed E-state index contributed by atoms with van der Waals surface area (Å²) in [5.41, 5.74) is 2.43. The van der Waals surface area contributed by atoms with Gasteiger partial charge in [-0.25, -0.2) is 14.1 Å². The van der Waals surface area contributed by atoms with Crippen molar-refractivity contribution in [1.82, 2.24) is 19.1 Å². The molecule has 1 fully saturated rings. The number of carbonyl (C=O) groups is 2. The molecule has 1 aliphatic heterocycles. The summed E-state index contributed by atoms with van der Waals surface area (Å²) in [4.78, 5) is 67.7. The Kier molecular flexibility index (Phi) is 9.02. The maximum atomic E-state index is 13.0. The second kappa shape index (κ2) is 11.0. The lowest BCUT2D eigenvalue weighted by molar-refractivity contribution is -0.174. The molecule has 3 rings (SSSR count). The molecular formula is C18H28N5O11P. The Labute approximate surface area is 197 Å². The molecular weight excluding hydrogens is 493 g/mol. The highest BCUT2D eigenvalue weighted by molar-refractivity contribution is 7.45. The summed E-state index contributed by atoms with van der Waals surface area (Å²) in [7, 11) is -4.64. The molecule has 0 aliphatic carbocycles. The zero-order chi connectivity index (χ0) is 26.7. The molecule has 2 aromatic heterocycles. The molecule has 3 heterocycles. The maximum absolute atomic E-state index is 13.0. The molecule has 0 saturated carbocycles. The van der Waals surface area contributed by atoms with E-state index in [-0.39, 0.29) is 24.0 Å². The summed E-state index contributed by atoms with van der Waals surface area (Å²) in [6.45, 7) is 2.86. The second-order valence-electron chi connectivity index (χ2n) is 7.70. The van der Waals surface area contributed by atoms with Crippen LogP contribution in [-0.4, -0.2) is 85.7 Å². The van der Waals surface area contributed by atoms with Crippen LogP contribution in [0.5, 0.6) is 0 Å². The van der Waals surface area contributed by atoms with Crippen molar-refractivity contribution in [2.24, 2.45) is 0 Å². The first-order valence-electron chi connectivity index (χ1n) is 10.5. The van der Waals surface area contributed by atoms with Gasteiger partial charge < -0.3 is 40.5 Å². The van der Waals surface area contributed by atoms with E-state index in [0.29, 0.717) is 17.4 Å². The predicted octanol–water partition coefficient (Wildman–Crippen LogP) is -2.18. The van der Waals surface area contributed by atoms with Crippen molar-refractivity contribution in [2.45, 2.75) is 63.6 Å². The van der Waals surface area contributed by atoms with Crippen molar-refractivity contribution in [3.05, 3.63) is 16.7 Å². The van der Waals surface area contributed by atoms with E-state index < -0.39 is 61.7 Å². The van der Waals surface area contributed by atoms with Crippen LogP contribution in [0.3, 0.4) is 0 Å². The molecule has 2 aromatic rings. The van der Waals surface area contributed by atoms with Crippen LogP contribution in [0, 0.1) is 0 Å². The third kappa shape index (κ3) is 5.65. The standard InChI is InChI=1S/C18H25N5O7.H3O4P/c1-3-5-10(25)18(14(28)13(27)9(7-24)30-18)22-8-20-12-15(22)21-17(19)23(16(12)29)11(26)6-4-2;1-5(2,3)4/h8-9,13-14,24,27-28H,3-7H2,1-2H3,(H2,19,21);(H3,1,2,3,4)/t9-,13-,14-,18-;/m1./s1. The second-order valence-corrected chi connectivity index (χ2v) is 8.72. The number of hydrogen-bond donors (Lipinski definition) is 7. The van der Waals surface area contributed by atoms with Crippen LogP contribution >= 0.6 is 7.82 Å². The zero-order valence-electron chi connectivity index (χ0n) is 18.9. The Hall–Kier alpha value is -2.56. The van der Waals surface area contributed by atoms with Crippen molar-refractivity contribution in [3.8, 4) is 0 Å². The molecule has 0 amide bonds. The van der Waals surface area contributed by atoms with E-state index in [9.17, 15) is 29.7 Å². The molecule has 35 heavy (non-hydrogen) atoms. The number of imidazole rings is 1. The summed E-state index contributed by atoms with van der Waals surface area (Å²) >= 11 is 0. The summed E-state index contributed by atoms with van der Waals surface area (Å²) in [5.74, 6) is -1.55. The quantitative estimate of drug-likeness (QED) is 0.191. The number of nitrogens with two attached hydrogens (primary N) is 1. The van der Waals surface area contributed by atoms with Gasteiger partial charge in [0.1, 0.15) is 24.6 Å². The van der Waals surface area contributed by atoms with Crippen LogP contribution in [-0.2, 0) is 19.8 Å². The van der Waals surface area contributed by atoms with Gasteiger partial charge >= 0.3 is 7.82 Å². The van der Waals surface area contributed by atoms with Crippen LogP contribution in [0.2, 0.25) is 0 Å². The summed E-state index contributed by atoms with van der Waals surface area (Å²) < 4.78 is 16.3. The van der Waals surface area contributed by atoms with E-state index in [1.54, 1.807) is 13.8 Å². The number of nitrogen functional groups attached to an aromatic ring is 1. The number of Topliss-reactive ketones (excluding diaryl/α,β-unsaturated/α-hetero) is 1. The zero-order valence-corrected chi connectivity index (χ0v) is 19.8. The number of phosphoric acid groups is 1. The average molecular weight is 521 g/mol. The van der Waals surface area contributed by atoms with Gasteiger partial charge in [-0.1, -0.05) is 13.8 Å². The van der Waals surface area contributed by atoms with Crippen LogP contribution in [0.1, 0.15) is 44.3 Å². The van der Waals surface area contributed by atoms with E-state index in [4.69, 9.17) is 29.7 Å². The molecule has 196 valence electrons. The average Bonchev–Trinajstić information content (AvgIpc) is 3.27. The van der Waals surface area contributed by atoms with E-state index >= 15 is 0 Å². The molecule has 17 heteroatoms. The highest BCUT2D eigenvalue weighted by Crippen LogP contribution is 2.39. The molecule has 1 saturated heterocycles. The van der Waals surface area contributed by atoms with Gasteiger partial charge in [0.25, 0.3) is 5.56 Å². The Morgan fingerprint density at radius 3 is 2.26 bits per heavy atom. The Morgan fingerprint density at radius 1 is 1.20 bits per heavy atom. The number of carbonyl (C=O) groups excluding carboxylic acids is 2. The number of aliphatic hydroxyl groups excluding tert-OH is 3. The smallest absolute Gasteiger partial charge is 0.394 e. The molecule has 0 spiro atoms. The van der Waals surface area contributed by atoms with Gasteiger partial charge in [-0.05, 0) is 12.8 Å². The minimum absolute atomic E-state index is 0.0247. The fourth-order valence-electron chi connectivity index (χ4n) is 3.70. The number of anilines is 1. The summed E-state index contributed by atoms with van der Waals surface area (Å²) in [6, 6.07) is 0. The number of nitrogens with zero attached hydrogens (tertiary/aromatic N) is 4. The number of aromatic nitrogens is 4. The first-order chi connectivity index (χ1) is 16.2. The van der Waals surface area contributed by atoms with Gasteiger partial charge in [-0.2, -0.15) is 4.98 Å². The van der Waals surface area contributed by atoms with Gasteiger partial charge in [0.15, 0.2) is 16.9 Å². The van der Waals surface area contributed by atoms with Crippen LogP contribution in [0.25, 0.3) is 11.2 Å². The molecule has 0 radical (unpaired) electrons. The van der Waals surface area contributed by atoms with Gasteiger partial charge in [-0.15, -0.1) is 0 Å². The molecule has 16 nitrogen and oxygen atoms in total.